The minimum Gasteiger partial charge on any atom is -0.389 e. The van der Waals surface area contributed by atoms with E-state index in [0.29, 0.717) is 18.0 Å². The summed E-state index contributed by atoms with van der Waals surface area (Å²) in [5.41, 5.74) is 0. The average Bonchev–Trinajstić information content (AvgIpc) is 2.67. The van der Waals surface area contributed by atoms with Gasteiger partial charge in [0.25, 0.3) is 0 Å². The Labute approximate surface area is 97.0 Å². The highest BCUT2D eigenvalue weighted by molar-refractivity contribution is 8.00. The molecule has 0 spiro atoms. The van der Waals surface area contributed by atoms with Crippen LogP contribution in [0.1, 0.15) is 26.7 Å². The van der Waals surface area contributed by atoms with Crippen molar-refractivity contribution in [3.05, 3.63) is 0 Å². The van der Waals surface area contributed by atoms with Crippen LogP contribution >= 0.6 is 11.8 Å². The summed E-state index contributed by atoms with van der Waals surface area (Å²) in [6, 6.07) is 0.120. The second-order valence-corrected chi connectivity index (χ2v) is 5.46. The van der Waals surface area contributed by atoms with Gasteiger partial charge in [-0.1, -0.05) is 13.8 Å². The lowest BCUT2D eigenvalue weighted by Gasteiger charge is -2.31. The van der Waals surface area contributed by atoms with Crippen LogP contribution in [-0.2, 0) is 4.74 Å². The fraction of sp³-hybridized carbons (Fsp3) is 1.00. The fourth-order valence-corrected chi connectivity index (χ4v) is 2.72. The smallest absolute Gasteiger partial charge is 0.0948 e. The Kier molecular flexibility index (Phi) is 5.39. The lowest BCUT2D eigenvalue weighted by Crippen LogP contribution is -2.46. The summed E-state index contributed by atoms with van der Waals surface area (Å²) in [5, 5.41) is 13.0. The third kappa shape index (κ3) is 3.34. The molecule has 1 rings (SSSR count). The van der Waals surface area contributed by atoms with E-state index in [9.17, 15) is 5.11 Å². The average molecular weight is 233 g/mol. The van der Waals surface area contributed by atoms with Crippen molar-refractivity contribution in [2.75, 3.05) is 26.0 Å². The first-order valence-corrected chi connectivity index (χ1v) is 6.94. The summed E-state index contributed by atoms with van der Waals surface area (Å²) in [4.78, 5) is 0. The van der Waals surface area contributed by atoms with Crippen molar-refractivity contribution in [1.82, 2.24) is 5.32 Å². The normalized spacial score (nSPS) is 27.2. The quantitative estimate of drug-likeness (QED) is 0.725. The van der Waals surface area contributed by atoms with Crippen molar-refractivity contribution in [3.63, 3.8) is 0 Å². The first-order chi connectivity index (χ1) is 7.17. The molecule has 0 bridgehead atoms. The van der Waals surface area contributed by atoms with Gasteiger partial charge in [-0.05, 0) is 19.1 Å². The minimum absolute atomic E-state index is 0.120. The van der Waals surface area contributed by atoms with Crippen molar-refractivity contribution in [2.24, 2.45) is 0 Å². The zero-order valence-electron chi connectivity index (χ0n) is 9.95. The maximum absolute atomic E-state index is 9.61. The Morgan fingerprint density at radius 2 is 2.07 bits per heavy atom. The largest absolute Gasteiger partial charge is 0.389 e. The third-order valence-electron chi connectivity index (χ3n) is 3.46. The number of rotatable bonds is 6. The van der Waals surface area contributed by atoms with Gasteiger partial charge in [-0.2, -0.15) is 11.8 Å². The van der Waals surface area contributed by atoms with Crippen LogP contribution in [0.4, 0.5) is 0 Å². The van der Waals surface area contributed by atoms with Crippen molar-refractivity contribution in [3.8, 4) is 0 Å². The molecule has 0 radical (unpaired) electrons. The molecule has 2 unspecified atom stereocenters. The van der Waals surface area contributed by atoms with Crippen LogP contribution in [-0.4, -0.2) is 48.0 Å². The molecule has 1 fully saturated rings. The SMILES string of the molecule is CCC(CC)(CNC1COCC1O)SC. The maximum Gasteiger partial charge on any atom is 0.0948 e. The summed E-state index contributed by atoms with van der Waals surface area (Å²) in [7, 11) is 0. The molecule has 1 aliphatic heterocycles. The third-order valence-corrected chi connectivity index (χ3v) is 5.05. The number of aliphatic hydroxyl groups is 1. The van der Waals surface area contributed by atoms with Crippen LogP contribution in [0.15, 0.2) is 0 Å². The molecule has 0 aromatic carbocycles. The van der Waals surface area contributed by atoms with E-state index in [2.05, 4.69) is 25.4 Å². The molecular weight excluding hydrogens is 210 g/mol. The number of thioether (sulfide) groups is 1. The number of nitrogens with one attached hydrogen (secondary N) is 1. The number of hydrogen-bond donors (Lipinski definition) is 2. The molecule has 1 heterocycles. The van der Waals surface area contributed by atoms with Gasteiger partial charge in [0.1, 0.15) is 0 Å². The van der Waals surface area contributed by atoms with Gasteiger partial charge in [-0.15, -0.1) is 0 Å². The van der Waals surface area contributed by atoms with Crippen LogP contribution < -0.4 is 5.32 Å². The lowest BCUT2D eigenvalue weighted by molar-refractivity contribution is 0.122. The zero-order chi connectivity index (χ0) is 11.3. The second-order valence-electron chi connectivity index (χ2n) is 4.19. The number of aliphatic hydroxyl groups excluding tert-OH is 1. The van der Waals surface area contributed by atoms with Gasteiger partial charge in [0, 0.05) is 11.3 Å². The first kappa shape index (κ1) is 13.3. The van der Waals surface area contributed by atoms with Gasteiger partial charge >= 0.3 is 0 Å². The molecule has 90 valence electrons. The molecule has 0 saturated carbocycles. The highest BCUT2D eigenvalue weighted by atomic mass is 32.2. The number of ether oxygens (including phenoxy) is 1. The molecular formula is C11H23NO2S. The summed E-state index contributed by atoms with van der Waals surface area (Å²) < 4.78 is 5.52. The highest BCUT2D eigenvalue weighted by Crippen LogP contribution is 2.29. The standard InChI is InChI=1S/C11H23NO2S/c1-4-11(5-2,15-3)8-12-9-6-14-7-10(9)13/h9-10,12-13H,4-8H2,1-3H3. The maximum atomic E-state index is 9.61. The molecule has 2 atom stereocenters. The lowest BCUT2D eigenvalue weighted by atomic mass is 10.0. The molecule has 15 heavy (non-hydrogen) atoms. The van der Waals surface area contributed by atoms with Gasteiger partial charge in [-0.25, -0.2) is 0 Å². The summed E-state index contributed by atoms with van der Waals surface area (Å²) in [5.74, 6) is 0. The molecule has 0 aliphatic carbocycles. The van der Waals surface area contributed by atoms with Crippen molar-refractivity contribution in [2.45, 2.75) is 43.6 Å². The van der Waals surface area contributed by atoms with Crippen molar-refractivity contribution < 1.29 is 9.84 Å². The molecule has 0 aromatic rings. The first-order valence-electron chi connectivity index (χ1n) is 5.71. The molecule has 1 aliphatic rings. The van der Waals surface area contributed by atoms with E-state index in [-0.39, 0.29) is 12.1 Å². The Morgan fingerprint density at radius 1 is 1.40 bits per heavy atom. The van der Waals surface area contributed by atoms with E-state index in [1.54, 1.807) is 0 Å². The van der Waals surface area contributed by atoms with Crippen LogP contribution in [0.2, 0.25) is 0 Å². The fourth-order valence-electron chi connectivity index (χ4n) is 1.92. The van der Waals surface area contributed by atoms with Crippen LogP contribution in [0.25, 0.3) is 0 Å². The Morgan fingerprint density at radius 3 is 2.47 bits per heavy atom. The van der Waals surface area contributed by atoms with Crippen molar-refractivity contribution >= 4 is 11.8 Å². The van der Waals surface area contributed by atoms with Crippen LogP contribution in [0.3, 0.4) is 0 Å². The van der Waals surface area contributed by atoms with Crippen LogP contribution in [0, 0.1) is 0 Å². The monoisotopic (exact) mass is 233 g/mol. The predicted molar refractivity (Wildman–Crippen MR) is 65.4 cm³/mol. The predicted octanol–water partition coefficient (Wildman–Crippen LogP) is 1.26. The second kappa shape index (κ2) is 6.09. The van der Waals surface area contributed by atoms with E-state index in [0.717, 1.165) is 19.4 Å². The van der Waals surface area contributed by atoms with E-state index in [1.165, 1.54) is 0 Å². The Balaban J connectivity index is 2.39. The van der Waals surface area contributed by atoms with Gasteiger partial charge < -0.3 is 15.2 Å². The minimum atomic E-state index is -0.335. The molecule has 2 N–H and O–H groups in total. The van der Waals surface area contributed by atoms with E-state index >= 15 is 0 Å². The molecule has 0 amide bonds. The van der Waals surface area contributed by atoms with Gasteiger partial charge in [0.05, 0.1) is 25.4 Å². The van der Waals surface area contributed by atoms with Gasteiger partial charge in [-0.3, -0.25) is 0 Å². The summed E-state index contributed by atoms with van der Waals surface area (Å²) in [6.45, 7) is 6.51. The van der Waals surface area contributed by atoms with E-state index in [1.807, 2.05) is 11.8 Å². The van der Waals surface area contributed by atoms with Crippen LogP contribution in [0.5, 0.6) is 0 Å². The molecule has 1 saturated heterocycles. The highest BCUT2D eigenvalue weighted by Gasteiger charge is 2.30. The Bertz CT molecular complexity index is 177. The molecule has 3 nitrogen and oxygen atoms in total. The van der Waals surface area contributed by atoms with Gasteiger partial charge in [0.2, 0.25) is 0 Å². The molecule has 0 aromatic heterocycles. The van der Waals surface area contributed by atoms with E-state index in [4.69, 9.17) is 4.74 Å². The Hall–Kier alpha value is 0.230. The summed E-state index contributed by atoms with van der Waals surface area (Å²) >= 11 is 1.92. The van der Waals surface area contributed by atoms with E-state index < -0.39 is 0 Å². The van der Waals surface area contributed by atoms with Gasteiger partial charge in [0.15, 0.2) is 0 Å². The zero-order valence-corrected chi connectivity index (χ0v) is 10.8. The molecule has 4 heteroatoms. The number of hydrogen-bond acceptors (Lipinski definition) is 4. The van der Waals surface area contributed by atoms with Crippen molar-refractivity contribution in [1.29, 1.82) is 0 Å². The summed E-state index contributed by atoms with van der Waals surface area (Å²) in [6.07, 6.45) is 4.14. The topological polar surface area (TPSA) is 41.5 Å².